The van der Waals surface area contributed by atoms with Gasteiger partial charge in [-0.25, -0.2) is 0 Å². The molecule has 4 rings (SSSR count). The Morgan fingerprint density at radius 3 is 2.47 bits per heavy atom. The van der Waals surface area contributed by atoms with Crippen LogP contribution in [0.25, 0.3) is 0 Å². The minimum absolute atomic E-state index is 0. The molecule has 3 aliphatic rings. The molecule has 164 valence electrons. The van der Waals surface area contributed by atoms with E-state index in [2.05, 4.69) is 9.88 Å². The summed E-state index contributed by atoms with van der Waals surface area (Å²) >= 11 is 0. The largest absolute Gasteiger partial charge is 0.339 e. The van der Waals surface area contributed by atoms with Crippen LogP contribution in [0.5, 0.6) is 0 Å². The van der Waals surface area contributed by atoms with Gasteiger partial charge in [0.2, 0.25) is 17.7 Å². The number of hydrogen-bond acceptors (Lipinski definition) is 5. The van der Waals surface area contributed by atoms with Crippen LogP contribution in [-0.4, -0.2) is 70.1 Å². The lowest BCUT2D eigenvalue weighted by atomic mass is 9.62. The molecule has 2 unspecified atom stereocenters. The summed E-state index contributed by atoms with van der Waals surface area (Å²) in [5, 5.41) is 0. The molecule has 2 aliphatic heterocycles. The third-order valence-corrected chi connectivity index (χ3v) is 7.64. The van der Waals surface area contributed by atoms with E-state index < -0.39 is 5.41 Å². The molecule has 7 nitrogen and oxygen atoms in total. The Labute approximate surface area is 184 Å². The van der Waals surface area contributed by atoms with E-state index >= 15 is 0 Å². The molecule has 0 spiro atoms. The summed E-state index contributed by atoms with van der Waals surface area (Å²) in [6.45, 7) is 9.36. The second-order valence-electron chi connectivity index (χ2n) is 9.35. The maximum atomic E-state index is 13.1. The Balaban J connectivity index is 0.00000256. The van der Waals surface area contributed by atoms with E-state index in [0.29, 0.717) is 19.5 Å². The lowest BCUT2D eigenvalue weighted by Crippen LogP contribution is -2.61. The van der Waals surface area contributed by atoms with Gasteiger partial charge in [0.05, 0.1) is 11.1 Å². The Hall–Kier alpha value is -1.99. The summed E-state index contributed by atoms with van der Waals surface area (Å²) in [6, 6.07) is 5.88. The number of pyridine rings is 1. The minimum atomic E-state index is -0.562. The highest BCUT2D eigenvalue weighted by Crippen LogP contribution is 2.59. The number of piperidine rings is 1. The molecule has 2 saturated heterocycles. The molecule has 30 heavy (non-hydrogen) atoms. The summed E-state index contributed by atoms with van der Waals surface area (Å²) in [7, 11) is 0. The highest BCUT2D eigenvalue weighted by molar-refractivity contribution is 6.06. The average Bonchev–Trinajstić information content (AvgIpc) is 2.90. The first-order valence-corrected chi connectivity index (χ1v) is 10.5. The number of rotatable bonds is 4. The van der Waals surface area contributed by atoms with Gasteiger partial charge < -0.3 is 4.90 Å². The molecule has 3 amide bonds. The van der Waals surface area contributed by atoms with Gasteiger partial charge in [0.15, 0.2) is 0 Å². The molecule has 8 heteroatoms. The number of nitrogens with zero attached hydrogens (tertiary/aromatic N) is 4. The highest BCUT2D eigenvalue weighted by atomic mass is 35.5. The van der Waals surface area contributed by atoms with Crippen LogP contribution in [0.2, 0.25) is 0 Å². The molecule has 1 saturated carbocycles. The summed E-state index contributed by atoms with van der Waals surface area (Å²) < 4.78 is 0. The van der Waals surface area contributed by atoms with Gasteiger partial charge in [-0.2, -0.15) is 0 Å². The van der Waals surface area contributed by atoms with Crippen molar-refractivity contribution in [3.63, 3.8) is 0 Å². The van der Waals surface area contributed by atoms with Gasteiger partial charge in [0.25, 0.3) is 0 Å². The number of imide groups is 1. The zero-order valence-electron chi connectivity index (χ0n) is 18.0. The number of fused-ring (bicyclic) bond motifs is 2. The van der Waals surface area contributed by atoms with Gasteiger partial charge in [-0.05, 0) is 30.4 Å². The summed E-state index contributed by atoms with van der Waals surface area (Å²) in [6.07, 6.45) is 3.23. The molecule has 2 bridgehead atoms. The lowest BCUT2D eigenvalue weighted by molar-refractivity contribution is -0.170. The molecule has 1 aromatic rings. The lowest BCUT2D eigenvalue weighted by Gasteiger charge is -2.47. The average molecular weight is 435 g/mol. The van der Waals surface area contributed by atoms with E-state index in [0.717, 1.165) is 31.7 Å². The van der Waals surface area contributed by atoms with E-state index in [4.69, 9.17) is 0 Å². The number of hydrogen-bond donors (Lipinski definition) is 0. The third-order valence-electron chi connectivity index (χ3n) is 7.64. The number of aromatic nitrogens is 1. The van der Waals surface area contributed by atoms with Gasteiger partial charge >= 0.3 is 0 Å². The highest BCUT2D eigenvalue weighted by Gasteiger charge is 2.64. The smallest absolute Gasteiger partial charge is 0.242 e. The van der Waals surface area contributed by atoms with Gasteiger partial charge in [-0.15, -0.1) is 12.4 Å². The summed E-state index contributed by atoms with van der Waals surface area (Å²) in [4.78, 5) is 48.6. The quantitative estimate of drug-likeness (QED) is 0.677. The van der Waals surface area contributed by atoms with Crippen molar-refractivity contribution in [1.29, 1.82) is 0 Å². The molecular formula is C22H31ClN4O3. The third kappa shape index (κ3) is 3.62. The molecule has 3 fully saturated rings. The van der Waals surface area contributed by atoms with E-state index in [-0.39, 0.29) is 48.0 Å². The van der Waals surface area contributed by atoms with Crippen LogP contribution in [0.15, 0.2) is 24.4 Å². The van der Waals surface area contributed by atoms with Crippen LogP contribution in [0.3, 0.4) is 0 Å². The standard InChI is InChI=1S/C22H30N4O3.ClH/c1-21(2)17-7-8-22(21,3)20(29)26(19(17)28)15-18(27)25-12-10-24(11-13-25)14-16-6-4-5-9-23-16;/h4-6,9,17H,7-8,10-15H2,1-3H3;1H. The predicted octanol–water partition coefficient (Wildman–Crippen LogP) is 1.96. The van der Waals surface area contributed by atoms with Crippen molar-refractivity contribution in [2.45, 2.75) is 40.2 Å². The zero-order valence-corrected chi connectivity index (χ0v) is 18.8. The second kappa shape index (κ2) is 8.27. The maximum absolute atomic E-state index is 13.1. The van der Waals surface area contributed by atoms with Crippen molar-refractivity contribution in [2.75, 3.05) is 32.7 Å². The van der Waals surface area contributed by atoms with Crippen molar-refractivity contribution in [3.05, 3.63) is 30.1 Å². The fourth-order valence-corrected chi connectivity index (χ4v) is 5.16. The zero-order chi connectivity index (χ0) is 20.8. The number of carbonyl (C=O) groups excluding carboxylic acids is 3. The van der Waals surface area contributed by atoms with E-state index in [9.17, 15) is 14.4 Å². The number of halogens is 1. The number of likely N-dealkylation sites (tertiary alicyclic amines) is 1. The maximum Gasteiger partial charge on any atom is 0.242 e. The first-order chi connectivity index (χ1) is 13.7. The molecule has 0 radical (unpaired) electrons. The fraction of sp³-hybridized carbons (Fsp3) is 0.636. The topological polar surface area (TPSA) is 73.8 Å². The monoisotopic (exact) mass is 434 g/mol. The van der Waals surface area contributed by atoms with Gasteiger partial charge in [0, 0.05) is 44.8 Å². The number of carbonyl (C=O) groups is 3. The molecule has 1 aromatic heterocycles. The van der Waals surface area contributed by atoms with Crippen molar-refractivity contribution in [2.24, 2.45) is 16.7 Å². The van der Waals surface area contributed by atoms with Crippen LogP contribution in [0.1, 0.15) is 39.3 Å². The Bertz CT molecular complexity index is 823. The second-order valence-corrected chi connectivity index (χ2v) is 9.35. The van der Waals surface area contributed by atoms with Crippen molar-refractivity contribution >= 4 is 30.1 Å². The summed E-state index contributed by atoms with van der Waals surface area (Å²) in [5.74, 6) is -0.652. The Morgan fingerprint density at radius 1 is 1.13 bits per heavy atom. The Morgan fingerprint density at radius 2 is 1.83 bits per heavy atom. The predicted molar refractivity (Wildman–Crippen MR) is 115 cm³/mol. The normalized spacial score (nSPS) is 28.4. The minimum Gasteiger partial charge on any atom is -0.339 e. The molecule has 1 aliphatic carbocycles. The first-order valence-electron chi connectivity index (χ1n) is 10.5. The Kier molecular flexibility index (Phi) is 6.25. The van der Waals surface area contributed by atoms with Gasteiger partial charge in [-0.3, -0.25) is 29.2 Å². The first kappa shape index (κ1) is 22.7. The SMILES string of the molecule is CC12CCC(C(=O)N(CC(=O)N3CCN(Cc4ccccn4)CC3)C1=O)C2(C)C.Cl. The van der Waals surface area contributed by atoms with E-state index in [1.807, 2.05) is 39.0 Å². The van der Waals surface area contributed by atoms with Crippen LogP contribution in [-0.2, 0) is 20.9 Å². The molecule has 2 atom stereocenters. The number of piperazine rings is 1. The molecule has 0 aromatic carbocycles. The van der Waals surface area contributed by atoms with Crippen molar-refractivity contribution < 1.29 is 14.4 Å². The van der Waals surface area contributed by atoms with Crippen LogP contribution < -0.4 is 0 Å². The molecule has 0 N–H and O–H groups in total. The van der Waals surface area contributed by atoms with Crippen LogP contribution in [0, 0.1) is 16.7 Å². The molecular weight excluding hydrogens is 404 g/mol. The summed E-state index contributed by atoms with van der Waals surface area (Å²) in [5.41, 5.74) is 0.105. The van der Waals surface area contributed by atoms with Crippen LogP contribution >= 0.6 is 12.4 Å². The van der Waals surface area contributed by atoms with Crippen molar-refractivity contribution in [3.8, 4) is 0 Å². The van der Waals surface area contributed by atoms with Gasteiger partial charge in [0.1, 0.15) is 6.54 Å². The van der Waals surface area contributed by atoms with Crippen molar-refractivity contribution in [1.82, 2.24) is 19.7 Å². The van der Waals surface area contributed by atoms with E-state index in [1.165, 1.54) is 4.90 Å². The number of amides is 3. The fourth-order valence-electron chi connectivity index (χ4n) is 5.16. The van der Waals surface area contributed by atoms with E-state index in [1.54, 1.807) is 11.1 Å². The van der Waals surface area contributed by atoms with Gasteiger partial charge in [-0.1, -0.05) is 26.8 Å². The van der Waals surface area contributed by atoms with Crippen LogP contribution in [0.4, 0.5) is 0 Å². The molecule has 3 heterocycles.